The summed E-state index contributed by atoms with van der Waals surface area (Å²) in [5.74, 6) is 0.307. The number of hydrogen-bond acceptors (Lipinski definition) is 2. The highest BCUT2D eigenvalue weighted by Crippen LogP contribution is 2.42. The molecular weight excluding hydrogens is 494 g/mol. The van der Waals surface area contributed by atoms with Gasteiger partial charge in [0, 0.05) is 42.2 Å². The van der Waals surface area contributed by atoms with Gasteiger partial charge in [-0.3, -0.25) is 0 Å². The molecule has 2 aromatic heterocycles. The minimum absolute atomic E-state index is 0.307. The molecule has 0 atom stereocenters. The highest BCUT2D eigenvalue weighted by Gasteiger charge is 2.19. The second kappa shape index (κ2) is 8.72. The van der Waals surface area contributed by atoms with Gasteiger partial charge in [-0.1, -0.05) is 84.9 Å². The third-order valence-electron chi connectivity index (χ3n) is 8.05. The summed E-state index contributed by atoms with van der Waals surface area (Å²) in [5.41, 5.74) is 8.37. The first-order valence-corrected chi connectivity index (χ1v) is 14.2. The van der Waals surface area contributed by atoms with E-state index in [2.05, 4.69) is 102 Å². The van der Waals surface area contributed by atoms with Gasteiger partial charge in [0.2, 0.25) is 0 Å². The molecule has 0 unspecified atom stereocenters. The van der Waals surface area contributed by atoms with Crippen LogP contribution in [-0.4, -0.2) is 9.67 Å². The molecule has 1 aliphatic rings. The predicted octanol–water partition coefficient (Wildman–Crippen LogP) is 10.3. The van der Waals surface area contributed by atoms with Crippen LogP contribution in [0.5, 0.6) is 5.75 Å². The quantitative estimate of drug-likeness (QED) is 0.247. The summed E-state index contributed by atoms with van der Waals surface area (Å²) in [4.78, 5) is 0. The van der Waals surface area contributed by atoms with E-state index >= 15 is 0 Å². The Balaban J connectivity index is 1.27. The SMILES string of the molecule is Oc1ccccc1-c1ccc2c(c1)c1ccccc1n2C1=CC=C(c2cccc3c2sc2ccccc23)CC1. The van der Waals surface area contributed by atoms with E-state index in [0.29, 0.717) is 5.75 Å². The molecule has 0 fully saturated rings. The van der Waals surface area contributed by atoms with Crippen LogP contribution in [0.4, 0.5) is 0 Å². The Bertz CT molecular complexity index is 2140. The number of phenolic OH excluding ortho intramolecular Hbond substituents is 1. The topological polar surface area (TPSA) is 25.2 Å². The van der Waals surface area contributed by atoms with Crippen molar-refractivity contribution in [2.24, 2.45) is 0 Å². The zero-order valence-corrected chi connectivity index (χ0v) is 22.1. The monoisotopic (exact) mass is 519 g/mol. The van der Waals surface area contributed by atoms with Crippen molar-refractivity contribution in [1.29, 1.82) is 0 Å². The lowest BCUT2D eigenvalue weighted by Gasteiger charge is -2.18. The van der Waals surface area contributed by atoms with E-state index in [4.69, 9.17) is 0 Å². The Morgan fingerprint density at radius 3 is 2.21 bits per heavy atom. The molecule has 2 nitrogen and oxygen atoms in total. The number of para-hydroxylation sites is 2. The molecule has 0 amide bonds. The fourth-order valence-corrected chi connectivity index (χ4v) is 7.46. The van der Waals surface area contributed by atoms with Crippen LogP contribution in [0.25, 0.3) is 64.4 Å². The largest absolute Gasteiger partial charge is 0.507 e. The summed E-state index contributed by atoms with van der Waals surface area (Å²) < 4.78 is 5.16. The average Bonchev–Trinajstić information content (AvgIpc) is 3.53. The third-order valence-corrected chi connectivity index (χ3v) is 9.27. The van der Waals surface area contributed by atoms with Crippen LogP contribution in [0.3, 0.4) is 0 Å². The van der Waals surface area contributed by atoms with E-state index < -0.39 is 0 Å². The average molecular weight is 520 g/mol. The molecule has 3 heteroatoms. The third kappa shape index (κ3) is 3.47. The van der Waals surface area contributed by atoms with Crippen molar-refractivity contribution < 1.29 is 5.11 Å². The minimum atomic E-state index is 0.307. The van der Waals surface area contributed by atoms with Crippen molar-refractivity contribution in [3.8, 4) is 16.9 Å². The molecule has 1 N–H and O–H groups in total. The van der Waals surface area contributed by atoms with Gasteiger partial charge in [0.05, 0.1) is 11.0 Å². The molecule has 5 aromatic carbocycles. The number of aromatic nitrogens is 1. The Morgan fingerprint density at radius 1 is 0.590 bits per heavy atom. The molecule has 0 radical (unpaired) electrons. The summed E-state index contributed by atoms with van der Waals surface area (Å²) in [6.45, 7) is 0. The van der Waals surface area contributed by atoms with Gasteiger partial charge in [-0.2, -0.15) is 0 Å². The number of fused-ring (bicyclic) bond motifs is 6. The standard InChI is InChI=1S/C36H25NOS/c38-34-14-5-2-8-26(34)24-18-21-33-31(22-24)28-9-1-4-13-32(28)37(33)25-19-16-23(17-20-25)27-11-7-12-30-29-10-3-6-15-35(29)39-36(27)30/h1-16,18-19,21-22,38H,17,20H2. The van der Waals surface area contributed by atoms with Crippen molar-refractivity contribution in [3.05, 3.63) is 127 Å². The van der Waals surface area contributed by atoms with Crippen molar-refractivity contribution in [3.63, 3.8) is 0 Å². The summed E-state index contributed by atoms with van der Waals surface area (Å²) in [7, 11) is 0. The van der Waals surface area contributed by atoms with Gasteiger partial charge < -0.3 is 9.67 Å². The zero-order chi connectivity index (χ0) is 25.9. The fraction of sp³-hybridized carbons (Fsp3) is 0.0556. The maximum absolute atomic E-state index is 10.5. The second-order valence-corrected chi connectivity index (χ2v) is 11.3. The maximum atomic E-state index is 10.5. The molecule has 0 aliphatic heterocycles. The van der Waals surface area contributed by atoms with Crippen LogP contribution in [0, 0.1) is 0 Å². The van der Waals surface area contributed by atoms with E-state index in [0.717, 1.165) is 24.0 Å². The molecule has 0 bridgehead atoms. The minimum Gasteiger partial charge on any atom is -0.507 e. The molecule has 0 spiro atoms. The molecule has 1 aliphatic carbocycles. The lowest BCUT2D eigenvalue weighted by Crippen LogP contribution is -2.01. The molecule has 39 heavy (non-hydrogen) atoms. The van der Waals surface area contributed by atoms with Gasteiger partial charge >= 0.3 is 0 Å². The van der Waals surface area contributed by atoms with Crippen molar-refractivity contribution in [1.82, 2.24) is 4.57 Å². The van der Waals surface area contributed by atoms with Crippen LogP contribution < -0.4 is 0 Å². The van der Waals surface area contributed by atoms with Crippen LogP contribution in [0.15, 0.2) is 121 Å². The van der Waals surface area contributed by atoms with Crippen LogP contribution in [0.1, 0.15) is 18.4 Å². The van der Waals surface area contributed by atoms with Gasteiger partial charge in [-0.05, 0) is 65.9 Å². The molecule has 186 valence electrons. The van der Waals surface area contributed by atoms with Crippen LogP contribution >= 0.6 is 11.3 Å². The Hall–Kier alpha value is -4.60. The van der Waals surface area contributed by atoms with Gasteiger partial charge in [0.15, 0.2) is 0 Å². The number of phenols is 1. The van der Waals surface area contributed by atoms with Crippen molar-refractivity contribution in [2.45, 2.75) is 12.8 Å². The van der Waals surface area contributed by atoms with Gasteiger partial charge in [-0.25, -0.2) is 0 Å². The van der Waals surface area contributed by atoms with Crippen molar-refractivity contribution >= 4 is 64.6 Å². The van der Waals surface area contributed by atoms with Crippen LogP contribution in [0.2, 0.25) is 0 Å². The molecule has 0 saturated heterocycles. The molecule has 7 aromatic rings. The van der Waals surface area contributed by atoms with Crippen LogP contribution in [-0.2, 0) is 0 Å². The smallest absolute Gasteiger partial charge is 0.123 e. The van der Waals surface area contributed by atoms with Crippen molar-refractivity contribution in [2.75, 3.05) is 0 Å². The lowest BCUT2D eigenvalue weighted by atomic mass is 9.94. The summed E-state index contributed by atoms with van der Waals surface area (Å²) >= 11 is 1.90. The lowest BCUT2D eigenvalue weighted by molar-refractivity contribution is 0.477. The van der Waals surface area contributed by atoms with E-state index in [-0.39, 0.29) is 0 Å². The van der Waals surface area contributed by atoms with E-state index in [1.54, 1.807) is 6.07 Å². The number of nitrogens with zero attached hydrogens (tertiary/aromatic N) is 1. The molecule has 0 saturated carbocycles. The predicted molar refractivity (Wildman–Crippen MR) is 167 cm³/mol. The Morgan fingerprint density at radius 2 is 1.33 bits per heavy atom. The van der Waals surface area contributed by atoms with Gasteiger partial charge in [0.1, 0.15) is 5.75 Å². The number of thiophene rings is 1. The Kier molecular flexibility index (Phi) is 5.01. The fourth-order valence-electron chi connectivity index (χ4n) is 6.20. The zero-order valence-electron chi connectivity index (χ0n) is 21.3. The number of benzene rings is 5. The summed E-state index contributed by atoms with van der Waals surface area (Å²) in [6, 6.07) is 38.2. The highest BCUT2D eigenvalue weighted by atomic mass is 32.1. The highest BCUT2D eigenvalue weighted by molar-refractivity contribution is 7.26. The van der Waals surface area contributed by atoms with E-state index in [9.17, 15) is 5.11 Å². The first kappa shape index (κ1) is 22.4. The second-order valence-electron chi connectivity index (χ2n) is 10.2. The number of rotatable bonds is 3. The molecule has 8 rings (SSSR count). The Labute approximate surface area is 230 Å². The number of aromatic hydroxyl groups is 1. The summed E-state index contributed by atoms with van der Waals surface area (Å²) in [5, 5.41) is 15.6. The normalized spacial score (nSPS) is 13.8. The maximum Gasteiger partial charge on any atom is 0.123 e. The summed E-state index contributed by atoms with van der Waals surface area (Å²) in [6.07, 6.45) is 6.62. The number of hydrogen-bond donors (Lipinski definition) is 1. The molecular formula is C36H25NOS. The first-order valence-electron chi connectivity index (χ1n) is 13.4. The first-order chi connectivity index (χ1) is 19.3. The number of allylic oxidation sites excluding steroid dienone is 4. The van der Waals surface area contributed by atoms with E-state index in [1.165, 1.54) is 58.8 Å². The molecule has 2 heterocycles. The van der Waals surface area contributed by atoms with Gasteiger partial charge in [-0.15, -0.1) is 11.3 Å². The van der Waals surface area contributed by atoms with Gasteiger partial charge in [0.25, 0.3) is 0 Å². The van der Waals surface area contributed by atoms with E-state index in [1.807, 2.05) is 29.5 Å².